The van der Waals surface area contributed by atoms with Crippen molar-refractivity contribution in [2.45, 2.75) is 421 Å². The Morgan fingerprint density at radius 1 is 0.238 bits per heavy atom. The monoisotopic (exact) mass is 2690 g/mol. The van der Waals surface area contributed by atoms with Gasteiger partial charge in [0.1, 0.15) is 0 Å². The number of rotatable bonds is 6. The van der Waals surface area contributed by atoms with Crippen LogP contribution in [0, 0.1) is 141 Å². The summed E-state index contributed by atoms with van der Waals surface area (Å²) >= 11 is 0. The number of hydrogen-bond acceptors (Lipinski definition) is 0. The van der Waals surface area contributed by atoms with Crippen molar-refractivity contribution in [2.75, 3.05) is 0 Å². The zero-order valence-corrected chi connectivity index (χ0v) is 106. The Labute approximate surface area is 855 Å². The minimum Gasteiger partial charge on any atom is -0.394 e. The average Bonchev–Trinajstić information content (AvgIpc) is 0.805. The molecule has 0 saturated carbocycles. The molecule has 0 aliphatic carbocycles. The van der Waals surface area contributed by atoms with Crippen LogP contribution >= 0.6 is 0 Å². The third kappa shape index (κ3) is 83.0. The summed E-state index contributed by atoms with van der Waals surface area (Å²) in [7, 11) is 0. The average molecular weight is 2690 g/mol. The van der Waals surface area contributed by atoms with E-state index in [1.165, 1.54) is 33.4 Å². The molecule has 0 radical (unpaired) electrons. The smallest absolute Gasteiger partial charge is 0.394 e. The van der Waals surface area contributed by atoms with Crippen LogP contribution in [-0.4, -0.2) is 0 Å². The van der Waals surface area contributed by atoms with E-state index in [9.17, 15) is 0 Å². The van der Waals surface area contributed by atoms with Crippen LogP contribution in [0.15, 0.2) is 143 Å². The van der Waals surface area contributed by atoms with Crippen molar-refractivity contribution >= 4 is 0 Å². The fourth-order valence-corrected chi connectivity index (χ4v) is 8.89. The van der Waals surface area contributed by atoms with Crippen molar-refractivity contribution in [1.29, 1.82) is 0 Å². The molecule has 122 heavy (non-hydrogen) atoms. The molecule has 3 aromatic carbocycles. The number of allylic oxidation sites excluding steroid dienone is 18. The van der Waals surface area contributed by atoms with Crippen LogP contribution in [0.5, 0.6) is 0 Å². The van der Waals surface area contributed by atoms with Crippen LogP contribution in [0.1, 0.15) is 422 Å². The van der Waals surface area contributed by atoms with Gasteiger partial charge in [-0.25, -0.2) is 0 Å². The first kappa shape index (κ1) is 152. The van der Waals surface area contributed by atoms with Crippen LogP contribution in [0.2, 0.25) is 0 Å². The number of hydrogen-bond donors (Lipinski definition) is 0. The maximum Gasteiger partial charge on any atom is 2.00 e. The molecule has 3 aromatic rings. The summed E-state index contributed by atoms with van der Waals surface area (Å²) in [6.07, 6.45) is 30.8. The summed E-state index contributed by atoms with van der Waals surface area (Å²) in [4.78, 5) is 0. The number of benzene rings is 3. The quantitative estimate of drug-likeness (QED) is 0.170. The van der Waals surface area contributed by atoms with Gasteiger partial charge in [0.2, 0.25) is 0 Å². The molecule has 0 aliphatic heterocycles. The third-order valence-electron chi connectivity index (χ3n) is 16.8. The van der Waals surface area contributed by atoms with E-state index in [2.05, 4.69) is 483 Å². The predicted molar refractivity (Wildman–Crippen MR) is 532 cm³/mol. The summed E-state index contributed by atoms with van der Waals surface area (Å²) in [5.41, 5.74) is 16.5. The van der Waals surface area contributed by atoms with Gasteiger partial charge in [0, 0.05) is 0 Å². The minimum atomic E-state index is -0.0304. The first-order chi connectivity index (χ1) is 49.5. The molecule has 0 bridgehead atoms. The Morgan fingerprint density at radius 3 is 0.574 bits per heavy atom. The van der Waals surface area contributed by atoms with E-state index in [1.807, 2.05) is 24.3 Å². The summed E-state index contributed by atoms with van der Waals surface area (Å²) in [5.74, 6) is 0. The van der Waals surface area contributed by atoms with Gasteiger partial charge >= 0.3 is 126 Å². The minimum absolute atomic E-state index is 0. The molecule has 0 nitrogen and oxygen atoms in total. The normalized spacial score (nSPS) is 12.8. The topological polar surface area (TPSA) is 0 Å². The Morgan fingerprint density at radius 2 is 0.443 bits per heavy atom. The zero-order chi connectivity index (χ0) is 92.9. The molecule has 0 saturated heterocycles. The van der Waals surface area contributed by atoms with Crippen LogP contribution in [0.25, 0.3) is 0 Å². The molecule has 0 aromatic heterocycles. The molecule has 3 rings (SSSR count). The molecule has 0 fully saturated rings. The van der Waals surface area contributed by atoms with Crippen LogP contribution in [0.4, 0.5) is 0 Å². The van der Waals surface area contributed by atoms with Crippen molar-refractivity contribution < 1.29 is 126 Å². The molecule has 6 heteroatoms. The summed E-state index contributed by atoms with van der Waals surface area (Å²) in [6.45, 7) is 151. The van der Waals surface area contributed by atoms with Gasteiger partial charge in [0.15, 0.2) is 0 Å². The second kappa shape index (κ2) is 60.7. The van der Waals surface area contributed by atoms with E-state index in [-0.39, 0.29) is 239 Å². The van der Waals surface area contributed by atoms with E-state index in [0.29, 0.717) is 0 Å². The fourth-order valence-electron chi connectivity index (χ4n) is 8.89. The molecule has 0 amide bonds. The summed E-state index contributed by atoms with van der Waals surface area (Å²) < 4.78 is 0. The molecule has 0 aliphatic rings. The third-order valence-corrected chi connectivity index (χ3v) is 16.8. The van der Waals surface area contributed by atoms with Gasteiger partial charge in [-0.2, -0.15) is 0 Å². The summed E-state index contributed by atoms with van der Waals surface area (Å²) in [6, 6.07) is 26.7. The second-order valence-electron chi connectivity index (χ2n) is 49.6. The van der Waals surface area contributed by atoms with E-state index >= 15 is 0 Å². The van der Waals surface area contributed by atoms with E-state index < -0.39 is 0 Å². The Balaban J connectivity index is -0.0000000890. The van der Waals surface area contributed by atoms with Gasteiger partial charge in [-0.1, -0.05) is 462 Å². The van der Waals surface area contributed by atoms with Crippen molar-refractivity contribution in [3.63, 3.8) is 0 Å². The first-order valence-electron chi connectivity index (χ1n) is 42.2. The van der Waals surface area contributed by atoms with Crippen LogP contribution in [0.3, 0.4) is 0 Å². The Bertz CT molecular complexity index is 3300. The second-order valence-corrected chi connectivity index (χ2v) is 49.6. The van der Waals surface area contributed by atoms with Gasteiger partial charge in [-0.05, 0) is 65.9 Å². The van der Waals surface area contributed by atoms with E-state index in [1.54, 1.807) is 12.2 Å². The Kier molecular flexibility index (Phi) is 75.5. The first-order valence-corrected chi connectivity index (χ1v) is 42.2. The van der Waals surface area contributed by atoms with Gasteiger partial charge in [-0.3, -0.25) is 0 Å². The molecular weight excluding hydrogens is 2500 g/mol. The largest absolute Gasteiger partial charge is 2.00 e. The maximum absolute atomic E-state index is 5.94. The van der Waals surface area contributed by atoms with E-state index in [0.717, 1.165) is 33.4 Å². The molecule has 0 N–H and O–H groups in total. The van der Waals surface area contributed by atoms with Gasteiger partial charge in [-0.15, -0.1) is 65.0 Å². The van der Waals surface area contributed by atoms with Crippen molar-refractivity contribution in [2.24, 2.45) is 65.0 Å². The summed E-state index contributed by atoms with van der Waals surface area (Å²) in [5, 5.41) is 0. The van der Waals surface area contributed by atoms with Gasteiger partial charge in [0.25, 0.3) is 0 Å². The van der Waals surface area contributed by atoms with Gasteiger partial charge < -0.3 is 146 Å². The fraction of sp³-hybridized carbons (Fsp3) is 0.638. The molecule has 0 spiro atoms. The molecular formula is C116H194W6. The van der Waals surface area contributed by atoms with Crippen LogP contribution in [-0.2, 0) is 159 Å². The standard InChI is InChI=1S/3C14H22.6C12H20.2CH4.6W/c1-13(2,3)11-7-9-12(10-8-11)14(4,5)6;1-13(2,3)11-8-7-9-12(10-11)14(4,5)6;1-13(2,3)11-9-7-8-10-12(11)14(4,5)6;2*1-10(12(5,6)7)8-9-11(2,3)4;1-9(11(3,4)5)10(2)12(6,7)8;1-11(2,3)9-7-8-10-12(4,5)6;2*1-8-10(12(5,6)7)9-11(2,3)4;;;;;;;;/h3*7-10H,1-6H3;2*1,8H,2-7H3;1-2H,3-8H3;7-8H,1-6H3;2*1,8H,2-7H3;2*1H4;;;;;;/q;;;6*-2;;;6*+2. The van der Waals surface area contributed by atoms with Crippen molar-refractivity contribution in [3.8, 4) is 0 Å². The molecule has 694 valence electrons. The van der Waals surface area contributed by atoms with E-state index in [4.69, 9.17) is 39.5 Å². The molecule has 0 heterocycles. The van der Waals surface area contributed by atoms with Gasteiger partial charge in [0.05, 0.1) is 0 Å². The molecule has 0 atom stereocenters. The van der Waals surface area contributed by atoms with Crippen LogP contribution < -0.4 is 0 Å². The predicted octanol–water partition coefficient (Wildman–Crippen LogP) is 36.9. The zero-order valence-electron chi connectivity index (χ0n) is 88.3. The maximum atomic E-state index is 5.94. The van der Waals surface area contributed by atoms with Crippen molar-refractivity contribution in [3.05, 3.63) is 252 Å². The molecule has 0 unspecified atom stereocenters. The Hall–Kier alpha value is -1.33. The SMILES string of the molecule is C.C.CC(C)(C)[C-]=CC=[C-]C(C)(C)C.CC(C)(C)c1ccc(C(C)(C)C)cc1.CC(C)(C)c1cccc(C(C)(C)C)c1.CC(C)(C)c1ccccc1C(C)(C)C.[CH-]=C(C(=[CH-])C(C)(C)C)C(C)(C)C.[CH-]=C(C=[C-]C(C)(C)C)C(C)(C)C.[CH-]=C(C=[C-]C(C)(C)C)C(C)(C)C.[CH-]=CC(=[C-]C(C)(C)C)C(C)(C)C.[CH-]=CC(=[C-]C(C)(C)C)C(C)(C)C.[W+2].[W+2].[W+2].[W+2].[W+2].[W+2]. The van der Waals surface area contributed by atoms with Crippen molar-refractivity contribution in [1.82, 2.24) is 0 Å².